The van der Waals surface area contributed by atoms with Gasteiger partial charge in [-0.2, -0.15) is 0 Å². The minimum atomic E-state index is -1.39. The molecule has 3 aromatic carbocycles. The molecule has 2 N–H and O–H groups in total. The van der Waals surface area contributed by atoms with Gasteiger partial charge >= 0.3 is 0 Å². The molecule has 4 atom stereocenters. The van der Waals surface area contributed by atoms with E-state index in [-0.39, 0.29) is 23.6 Å². The molecule has 0 bridgehead atoms. The number of nitrogens with one attached hydrogen (secondary N) is 2. The maximum absolute atomic E-state index is 14.7. The Kier molecular flexibility index (Phi) is 4.76. The molecule has 7 rings (SSSR count). The molecule has 0 aromatic heterocycles. The van der Waals surface area contributed by atoms with Crippen molar-refractivity contribution in [2.24, 2.45) is 5.92 Å². The van der Waals surface area contributed by atoms with Gasteiger partial charge in [0.25, 0.3) is 0 Å². The van der Waals surface area contributed by atoms with Crippen LogP contribution in [-0.4, -0.2) is 35.1 Å². The van der Waals surface area contributed by atoms with Crippen molar-refractivity contribution in [1.82, 2.24) is 4.90 Å². The van der Waals surface area contributed by atoms with Crippen LogP contribution in [0.1, 0.15) is 39.9 Å². The van der Waals surface area contributed by atoms with Crippen LogP contribution < -0.4 is 10.6 Å². The maximum Gasteiger partial charge on any atom is 0.250 e. The number of Topliss-reactive ketones (excluding diaryl/α,β-unsaturated/α-hetero) is 1. The molecule has 0 saturated carbocycles. The van der Waals surface area contributed by atoms with Gasteiger partial charge in [0.05, 0.1) is 16.6 Å². The number of nitrogens with zero attached hydrogens (tertiary/aromatic N) is 1. The molecule has 37 heavy (non-hydrogen) atoms. The van der Waals surface area contributed by atoms with Crippen molar-refractivity contribution >= 4 is 52.2 Å². The summed E-state index contributed by atoms with van der Waals surface area (Å²) in [7, 11) is 0. The Hall–Kier alpha value is -3.19. The second kappa shape index (κ2) is 7.67. The third-order valence-corrected chi connectivity index (χ3v) is 9.27. The number of benzene rings is 3. The average molecular weight is 532 g/mol. The van der Waals surface area contributed by atoms with Crippen LogP contribution in [0.3, 0.4) is 0 Å². The van der Waals surface area contributed by atoms with Crippen molar-refractivity contribution in [3.63, 3.8) is 0 Å². The summed E-state index contributed by atoms with van der Waals surface area (Å²) in [5.41, 5.74) is 1.27. The number of carbonyl (C=O) groups excluding carboxylic acids is 3. The molecule has 6 nitrogen and oxygen atoms in total. The zero-order valence-electron chi connectivity index (χ0n) is 20.0. The molecule has 8 heteroatoms. The van der Waals surface area contributed by atoms with Gasteiger partial charge < -0.3 is 10.6 Å². The lowest BCUT2D eigenvalue weighted by atomic mass is 9.60. The fourth-order valence-corrected chi connectivity index (χ4v) is 7.97. The highest BCUT2D eigenvalue weighted by atomic mass is 35.5. The van der Waals surface area contributed by atoms with Crippen molar-refractivity contribution in [1.29, 1.82) is 0 Å². The van der Waals surface area contributed by atoms with Gasteiger partial charge in [0.15, 0.2) is 5.78 Å². The van der Waals surface area contributed by atoms with Crippen LogP contribution >= 0.6 is 23.2 Å². The number of rotatable bonds is 2. The van der Waals surface area contributed by atoms with Crippen LogP contribution in [0.15, 0.2) is 60.7 Å². The summed E-state index contributed by atoms with van der Waals surface area (Å²) < 4.78 is 0. The number of hydrogen-bond donors (Lipinski definition) is 2. The standard InChI is InChI=1S/C29H23Cl2N3O3/c1-15-13-19-23(20(31)14-15)33-27(37)29(19)25(24(35)16-8-10-17(30)11-9-16)28(22-7-4-12-34(22)29)18-5-2-3-6-21(18)32-26(28)36/h2-3,5-6,8-11,13-14,22,25H,4,7,12H2,1H3,(H,32,36)(H,33,37)/t22-,25-,28+,29+/m0/s1. The second-order valence-electron chi connectivity index (χ2n) is 10.4. The number of anilines is 2. The number of fused-ring (bicyclic) bond motifs is 7. The van der Waals surface area contributed by atoms with Crippen LogP contribution in [0.2, 0.25) is 10.0 Å². The lowest BCUT2D eigenvalue weighted by molar-refractivity contribution is -0.128. The van der Waals surface area contributed by atoms with E-state index in [0.29, 0.717) is 45.5 Å². The quantitative estimate of drug-likeness (QED) is 0.439. The lowest BCUT2D eigenvalue weighted by Crippen LogP contribution is -2.55. The summed E-state index contributed by atoms with van der Waals surface area (Å²) in [5.74, 6) is -1.84. The summed E-state index contributed by atoms with van der Waals surface area (Å²) in [5, 5.41) is 7.00. The van der Waals surface area contributed by atoms with E-state index >= 15 is 0 Å². The normalized spacial score (nSPS) is 29.4. The van der Waals surface area contributed by atoms with Crippen molar-refractivity contribution in [3.05, 3.63) is 93.0 Å². The van der Waals surface area contributed by atoms with E-state index in [1.54, 1.807) is 30.3 Å². The van der Waals surface area contributed by atoms with Crippen molar-refractivity contribution in [2.75, 3.05) is 17.2 Å². The number of amides is 2. The molecule has 0 unspecified atom stereocenters. The van der Waals surface area contributed by atoms with Gasteiger partial charge in [0.2, 0.25) is 11.8 Å². The largest absolute Gasteiger partial charge is 0.325 e. The summed E-state index contributed by atoms with van der Waals surface area (Å²) in [6.07, 6.45) is 1.50. The van der Waals surface area contributed by atoms with Gasteiger partial charge in [-0.1, -0.05) is 47.5 Å². The van der Waals surface area contributed by atoms with Gasteiger partial charge in [-0.05, 0) is 73.8 Å². The summed E-state index contributed by atoms with van der Waals surface area (Å²) in [4.78, 5) is 45.4. The number of para-hydroxylation sites is 1. The molecule has 2 amide bonds. The molecule has 3 aromatic rings. The van der Waals surface area contributed by atoms with Crippen molar-refractivity contribution < 1.29 is 14.4 Å². The molecular weight excluding hydrogens is 509 g/mol. The first-order valence-electron chi connectivity index (χ1n) is 12.4. The highest BCUT2D eigenvalue weighted by molar-refractivity contribution is 6.35. The fourth-order valence-electron chi connectivity index (χ4n) is 7.52. The highest BCUT2D eigenvalue weighted by Gasteiger charge is 2.78. The van der Waals surface area contributed by atoms with E-state index in [1.165, 1.54) is 0 Å². The van der Waals surface area contributed by atoms with Crippen LogP contribution in [0.5, 0.6) is 0 Å². The van der Waals surface area contributed by atoms with E-state index < -0.39 is 16.9 Å². The Morgan fingerprint density at radius 3 is 2.51 bits per heavy atom. The van der Waals surface area contributed by atoms with Crippen LogP contribution in [0, 0.1) is 12.8 Å². The SMILES string of the molecule is Cc1cc(Cl)c2c(c1)[C@]1(C(=O)N2)[C@@H](C(=O)c2ccc(Cl)cc2)[C@]2(C(=O)Nc3ccccc32)[C@@H]2CCCN21. The molecule has 186 valence electrons. The monoisotopic (exact) mass is 531 g/mol. The maximum atomic E-state index is 14.7. The van der Waals surface area contributed by atoms with Gasteiger partial charge in [0, 0.05) is 27.9 Å². The smallest absolute Gasteiger partial charge is 0.250 e. The first kappa shape index (κ1) is 23.0. The predicted molar refractivity (Wildman–Crippen MR) is 142 cm³/mol. The number of aryl methyl sites for hydroxylation is 1. The molecule has 2 fully saturated rings. The Morgan fingerprint density at radius 1 is 0.973 bits per heavy atom. The van der Waals surface area contributed by atoms with Crippen LogP contribution in [-0.2, 0) is 20.5 Å². The molecule has 0 aliphatic carbocycles. The predicted octanol–water partition coefficient (Wildman–Crippen LogP) is 5.32. The minimum Gasteiger partial charge on any atom is -0.325 e. The van der Waals surface area contributed by atoms with Crippen LogP contribution in [0.4, 0.5) is 11.4 Å². The first-order chi connectivity index (χ1) is 17.8. The Morgan fingerprint density at radius 2 is 1.73 bits per heavy atom. The van der Waals surface area contributed by atoms with E-state index in [0.717, 1.165) is 17.5 Å². The highest BCUT2D eigenvalue weighted by Crippen LogP contribution is 2.66. The fraction of sp³-hybridized carbons (Fsp3) is 0.276. The number of hydrogen-bond acceptors (Lipinski definition) is 4. The molecule has 4 aliphatic heterocycles. The Balaban J connectivity index is 1.60. The zero-order chi connectivity index (χ0) is 25.7. The topological polar surface area (TPSA) is 78.5 Å². The second-order valence-corrected chi connectivity index (χ2v) is 11.3. The molecule has 0 radical (unpaired) electrons. The molecule has 2 spiro atoms. The minimum absolute atomic E-state index is 0.241. The van der Waals surface area contributed by atoms with Crippen molar-refractivity contribution in [3.8, 4) is 0 Å². The van der Waals surface area contributed by atoms with Gasteiger partial charge in [-0.3, -0.25) is 19.3 Å². The van der Waals surface area contributed by atoms with E-state index in [2.05, 4.69) is 15.5 Å². The first-order valence-corrected chi connectivity index (χ1v) is 13.2. The number of halogens is 2. The third kappa shape index (κ3) is 2.68. The Labute approximate surface area is 223 Å². The lowest BCUT2D eigenvalue weighted by Gasteiger charge is -2.38. The van der Waals surface area contributed by atoms with Crippen molar-refractivity contribution in [2.45, 2.75) is 36.8 Å². The van der Waals surface area contributed by atoms with E-state index in [4.69, 9.17) is 23.2 Å². The van der Waals surface area contributed by atoms with E-state index in [1.807, 2.05) is 37.3 Å². The van der Waals surface area contributed by atoms with Crippen LogP contribution in [0.25, 0.3) is 0 Å². The molecule has 4 heterocycles. The van der Waals surface area contributed by atoms with E-state index in [9.17, 15) is 14.4 Å². The summed E-state index contributed by atoms with van der Waals surface area (Å²) >= 11 is 12.8. The molecule has 4 aliphatic rings. The average Bonchev–Trinajstić information content (AvgIpc) is 3.59. The third-order valence-electron chi connectivity index (χ3n) is 8.72. The Bertz CT molecular complexity index is 1540. The van der Waals surface area contributed by atoms with Gasteiger partial charge in [-0.25, -0.2) is 0 Å². The number of ketones is 1. The molecule has 2 saturated heterocycles. The molecular formula is C29H23Cl2N3O3. The summed E-state index contributed by atoms with van der Waals surface area (Å²) in [6, 6.07) is 17.6. The summed E-state index contributed by atoms with van der Waals surface area (Å²) in [6.45, 7) is 2.51. The zero-order valence-corrected chi connectivity index (χ0v) is 21.5. The number of carbonyl (C=O) groups is 3. The van der Waals surface area contributed by atoms with Gasteiger partial charge in [-0.15, -0.1) is 0 Å². The van der Waals surface area contributed by atoms with Gasteiger partial charge in [0.1, 0.15) is 11.0 Å².